The second kappa shape index (κ2) is 3.94. The van der Waals surface area contributed by atoms with E-state index in [1.807, 2.05) is 4.90 Å². The number of rotatable bonds is 1. The van der Waals surface area contributed by atoms with Gasteiger partial charge in [0, 0.05) is 13.1 Å². The number of carbonyl (C=O) groups excluding carboxylic acids is 2. The molecule has 2 aliphatic rings. The number of fused-ring (bicyclic) bond motifs is 1. The Morgan fingerprint density at radius 3 is 2.56 bits per heavy atom. The van der Waals surface area contributed by atoms with Gasteiger partial charge in [-0.15, -0.1) is 0 Å². The van der Waals surface area contributed by atoms with Gasteiger partial charge < -0.3 is 16.0 Å². The van der Waals surface area contributed by atoms with Crippen LogP contribution in [0.4, 0.5) is 17.6 Å². The van der Waals surface area contributed by atoms with Crippen molar-refractivity contribution in [3.05, 3.63) is 5.56 Å². The number of nitrogens with one attached hydrogen (secondary N) is 1. The minimum Gasteiger partial charge on any atom is -0.383 e. The lowest BCUT2D eigenvalue weighted by molar-refractivity contribution is -0.112. The van der Waals surface area contributed by atoms with E-state index in [2.05, 4.69) is 15.3 Å². The molecule has 0 radical (unpaired) electrons. The molecule has 1 amide bonds. The number of piperidine rings is 1. The van der Waals surface area contributed by atoms with Crippen LogP contribution in [0.25, 0.3) is 0 Å². The number of nitrogen functional groups attached to an aromatic ring is 1. The minimum atomic E-state index is -0.693. The first-order chi connectivity index (χ1) is 8.66. The molecule has 0 saturated carbocycles. The summed E-state index contributed by atoms with van der Waals surface area (Å²) >= 11 is 0. The molecule has 1 aromatic rings. The number of aromatic nitrogens is 2. The van der Waals surface area contributed by atoms with Gasteiger partial charge in [0.1, 0.15) is 11.4 Å². The van der Waals surface area contributed by atoms with Gasteiger partial charge in [-0.25, -0.2) is 0 Å². The molecule has 1 saturated heterocycles. The highest BCUT2D eigenvalue weighted by atomic mass is 16.2. The van der Waals surface area contributed by atoms with Gasteiger partial charge in [-0.05, 0) is 19.3 Å². The van der Waals surface area contributed by atoms with Crippen molar-refractivity contribution in [1.82, 2.24) is 9.97 Å². The molecule has 0 aliphatic carbocycles. The van der Waals surface area contributed by atoms with Crippen LogP contribution in [-0.2, 0) is 4.79 Å². The van der Waals surface area contributed by atoms with Crippen LogP contribution in [0.3, 0.4) is 0 Å². The van der Waals surface area contributed by atoms with E-state index in [1.54, 1.807) is 0 Å². The molecule has 7 nitrogen and oxygen atoms in total. The first-order valence-corrected chi connectivity index (χ1v) is 5.95. The number of ketones is 1. The molecular formula is C11H13N5O2. The SMILES string of the molecule is Nc1nc(N2CCCCC2)nc2c1C(=O)C(=O)N2. The number of amides is 1. The first-order valence-electron chi connectivity index (χ1n) is 5.95. The van der Waals surface area contributed by atoms with E-state index in [0.29, 0.717) is 5.95 Å². The van der Waals surface area contributed by atoms with E-state index in [9.17, 15) is 9.59 Å². The maximum absolute atomic E-state index is 11.5. The Kier molecular flexibility index (Phi) is 2.39. The zero-order valence-corrected chi connectivity index (χ0v) is 9.77. The van der Waals surface area contributed by atoms with Gasteiger partial charge in [0.15, 0.2) is 5.82 Å². The van der Waals surface area contributed by atoms with Gasteiger partial charge in [-0.1, -0.05) is 0 Å². The predicted molar refractivity (Wildman–Crippen MR) is 65.5 cm³/mol. The molecule has 7 heteroatoms. The molecule has 0 aromatic carbocycles. The van der Waals surface area contributed by atoms with Crippen molar-refractivity contribution in [2.45, 2.75) is 19.3 Å². The molecule has 2 aliphatic heterocycles. The summed E-state index contributed by atoms with van der Waals surface area (Å²) in [7, 11) is 0. The van der Waals surface area contributed by atoms with Crippen LogP contribution in [0.2, 0.25) is 0 Å². The molecule has 0 atom stereocenters. The molecule has 94 valence electrons. The second-order valence-electron chi connectivity index (χ2n) is 4.46. The maximum atomic E-state index is 11.5. The van der Waals surface area contributed by atoms with Crippen LogP contribution >= 0.6 is 0 Å². The molecule has 3 heterocycles. The predicted octanol–water partition coefficient (Wildman–Crippen LogP) is 0.184. The Morgan fingerprint density at radius 2 is 1.83 bits per heavy atom. The average Bonchev–Trinajstić information content (AvgIpc) is 2.66. The van der Waals surface area contributed by atoms with Crippen molar-refractivity contribution in [3.8, 4) is 0 Å². The zero-order valence-electron chi connectivity index (χ0n) is 9.77. The number of nitrogens with zero attached hydrogens (tertiary/aromatic N) is 3. The van der Waals surface area contributed by atoms with Crippen molar-refractivity contribution in [3.63, 3.8) is 0 Å². The molecule has 18 heavy (non-hydrogen) atoms. The normalized spacial score (nSPS) is 18.8. The van der Waals surface area contributed by atoms with Crippen LogP contribution in [0.15, 0.2) is 0 Å². The monoisotopic (exact) mass is 247 g/mol. The topological polar surface area (TPSA) is 101 Å². The fourth-order valence-corrected chi connectivity index (χ4v) is 2.29. The van der Waals surface area contributed by atoms with E-state index in [1.165, 1.54) is 6.42 Å². The second-order valence-corrected chi connectivity index (χ2v) is 4.46. The van der Waals surface area contributed by atoms with Gasteiger partial charge in [0.2, 0.25) is 5.95 Å². The lowest BCUT2D eigenvalue weighted by Crippen LogP contribution is -2.31. The standard InChI is InChI=1S/C11H13N5O2/c12-8-6-7(17)10(18)14-9(6)15-11(13-8)16-4-2-1-3-5-16/h1-5H2,(H3,12,13,14,15,17,18). The van der Waals surface area contributed by atoms with Gasteiger partial charge in [-0.2, -0.15) is 9.97 Å². The fraction of sp³-hybridized carbons (Fsp3) is 0.455. The van der Waals surface area contributed by atoms with Crippen LogP contribution in [-0.4, -0.2) is 34.7 Å². The molecule has 3 N–H and O–H groups in total. The summed E-state index contributed by atoms with van der Waals surface area (Å²) in [4.78, 5) is 33.2. The largest absolute Gasteiger partial charge is 0.383 e. The average molecular weight is 247 g/mol. The molecule has 3 rings (SSSR count). The fourth-order valence-electron chi connectivity index (χ4n) is 2.29. The van der Waals surface area contributed by atoms with Gasteiger partial charge in [0.05, 0.1) is 0 Å². The van der Waals surface area contributed by atoms with Crippen LogP contribution in [0.5, 0.6) is 0 Å². The number of Topliss-reactive ketones (excluding diaryl/α,β-unsaturated/α-hetero) is 1. The number of hydrogen-bond acceptors (Lipinski definition) is 6. The highest BCUT2D eigenvalue weighted by molar-refractivity contribution is 6.52. The quantitative estimate of drug-likeness (QED) is 0.687. The van der Waals surface area contributed by atoms with E-state index >= 15 is 0 Å². The number of anilines is 3. The maximum Gasteiger partial charge on any atom is 0.298 e. The molecule has 0 spiro atoms. The Balaban J connectivity index is 2.00. The minimum absolute atomic E-state index is 0.0731. The third kappa shape index (κ3) is 1.59. The highest BCUT2D eigenvalue weighted by Crippen LogP contribution is 2.28. The number of nitrogens with two attached hydrogens (primary N) is 1. The lowest BCUT2D eigenvalue weighted by atomic mass is 10.1. The molecule has 0 unspecified atom stereocenters. The number of carbonyl (C=O) groups is 2. The van der Waals surface area contributed by atoms with E-state index < -0.39 is 11.7 Å². The van der Waals surface area contributed by atoms with Crippen molar-refractivity contribution in [2.24, 2.45) is 0 Å². The van der Waals surface area contributed by atoms with Gasteiger partial charge in [0.25, 0.3) is 11.7 Å². The third-order valence-electron chi connectivity index (χ3n) is 3.23. The summed E-state index contributed by atoms with van der Waals surface area (Å²) in [5.74, 6) is -0.558. The van der Waals surface area contributed by atoms with Crippen molar-refractivity contribution in [1.29, 1.82) is 0 Å². The Hall–Kier alpha value is -2.18. The lowest BCUT2D eigenvalue weighted by Gasteiger charge is -2.26. The zero-order chi connectivity index (χ0) is 12.7. The number of hydrogen-bond donors (Lipinski definition) is 2. The third-order valence-corrected chi connectivity index (χ3v) is 3.23. The van der Waals surface area contributed by atoms with Crippen LogP contribution in [0.1, 0.15) is 29.6 Å². The molecule has 0 bridgehead atoms. The van der Waals surface area contributed by atoms with Crippen LogP contribution < -0.4 is 16.0 Å². The smallest absolute Gasteiger partial charge is 0.298 e. The van der Waals surface area contributed by atoms with Crippen molar-refractivity contribution < 1.29 is 9.59 Å². The summed E-state index contributed by atoms with van der Waals surface area (Å²) in [5.41, 5.74) is 5.84. The van der Waals surface area contributed by atoms with Crippen molar-refractivity contribution >= 4 is 29.3 Å². The molecule has 1 aromatic heterocycles. The summed E-state index contributed by atoms with van der Waals surface area (Å²) in [6.45, 7) is 1.75. The molecular weight excluding hydrogens is 234 g/mol. The van der Waals surface area contributed by atoms with E-state index in [4.69, 9.17) is 5.73 Å². The van der Waals surface area contributed by atoms with E-state index in [-0.39, 0.29) is 17.2 Å². The van der Waals surface area contributed by atoms with Gasteiger partial charge >= 0.3 is 0 Å². The summed E-state index contributed by atoms with van der Waals surface area (Å²) in [6, 6.07) is 0. The Bertz CT molecular complexity index is 536. The Morgan fingerprint density at radius 1 is 1.11 bits per heavy atom. The first kappa shape index (κ1) is 10.9. The highest BCUT2D eigenvalue weighted by Gasteiger charge is 2.33. The van der Waals surface area contributed by atoms with Gasteiger partial charge in [-0.3, -0.25) is 9.59 Å². The van der Waals surface area contributed by atoms with Crippen LogP contribution in [0, 0.1) is 0 Å². The summed E-state index contributed by atoms with van der Waals surface area (Å²) in [5, 5.41) is 2.42. The Labute approximate surface area is 103 Å². The summed E-state index contributed by atoms with van der Waals surface area (Å²) in [6.07, 6.45) is 3.38. The summed E-state index contributed by atoms with van der Waals surface area (Å²) < 4.78 is 0. The van der Waals surface area contributed by atoms with Crippen molar-refractivity contribution in [2.75, 3.05) is 29.0 Å². The van der Waals surface area contributed by atoms with E-state index in [0.717, 1.165) is 25.9 Å². The molecule has 1 fully saturated rings.